The Morgan fingerprint density at radius 1 is 1.44 bits per heavy atom. The summed E-state index contributed by atoms with van der Waals surface area (Å²) in [5, 5.41) is 6.14. The first-order valence-electron chi connectivity index (χ1n) is 5.16. The van der Waals surface area contributed by atoms with Gasteiger partial charge in [-0.1, -0.05) is 0 Å². The minimum atomic E-state index is -3.40. The van der Waals surface area contributed by atoms with E-state index < -0.39 is 10.0 Å². The van der Waals surface area contributed by atoms with Gasteiger partial charge in [0.1, 0.15) is 0 Å². The number of rotatable bonds is 7. The number of hydrogen-bond donors (Lipinski definition) is 2. The summed E-state index contributed by atoms with van der Waals surface area (Å²) in [6, 6.07) is 1.43. The third-order valence-electron chi connectivity index (χ3n) is 2.09. The average molecular weight is 246 g/mol. The van der Waals surface area contributed by atoms with Crippen molar-refractivity contribution in [3.8, 4) is 0 Å². The predicted octanol–water partition coefficient (Wildman–Crippen LogP) is 0.0298. The maximum atomic E-state index is 11.6. The molecular weight excluding hydrogens is 228 g/mol. The van der Waals surface area contributed by atoms with Gasteiger partial charge in [-0.05, 0) is 39.5 Å². The minimum absolute atomic E-state index is 0.111. The van der Waals surface area contributed by atoms with Crippen molar-refractivity contribution in [3.05, 3.63) is 12.3 Å². The predicted molar refractivity (Wildman–Crippen MR) is 61.6 cm³/mol. The molecule has 1 aromatic rings. The number of sulfonamides is 1. The van der Waals surface area contributed by atoms with E-state index in [9.17, 15) is 8.42 Å². The van der Waals surface area contributed by atoms with E-state index in [0.717, 1.165) is 19.4 Å². The van der Waals surface area contributed by atoms with Crippen LogP contribution in [0.2, 0.25) is 0 Å². The van der Waals surface area contributed by atoms with Gasteiger partial charge in [-0.25, -0.2) is 13.1 Å². The number of aromatic nitrogens is 2. The molecule has 6 nitrogen and oxygen atoms in total. The van der Waals surface area contributed by atoms with Crippen molar-refractivity contribution in [3.63, 3.8) is 0 Å². The monoisotopic (exact) mass is 246 g/mol. The molecule has 0 aromatic carbocycles. The molecule has 0 saturated carbocycles. The van der Waals surface area contributed by atoms with Gasteiger partial charge in [0, 0.05) is 6.54 Å². The van der Waals surface area contributed by atoms with Crippen LogP contribution in [0.25, 0.3) is 0 Å². The van der Waals surface area contributed by atoms with Crippen LogP contribution in [0.3, 0.4) is 0 Å². The average Bonchev–Trinajstić information content (AvgIpc) is 2.69. The van der Waals surface area contributed by atoms with Gasteiger partial charge >= 0.3 is 0 Å². The Kier molecular flexibility index (Phi) is 4.91. The first-order valence-corrected chi connectivity index (χ1v) is 6.64. The van der Waals surface area contributed by atoms with E-state index in [1.54, 1.807) is 0 Å². The highest BCUT2D eigenvalue weighted by Gasteiger charge is 2.13. The van der Waals surface area contributed by atoms with Crippen LogP contribution in [-0.2, 0) is 10.0 Å². The molecule has 0 spiro atoms. The molecule has 0 radical (unpaired) electrons. The Morgan fingerprint density at radius 3 is 2.75 bits per heavy atom. The summed E-state index contributed by atoms with van der Waals surface area (Å²) in [7, 11) is 0.590. The van der Waals surface area contributed by atoms with Crippen LogP contribution in [-0.4, -0.2) is 50.7 Å². The Bertz CT molecular complexity index is 386. The molecule has 1 aromatic heterocycles. The van der Waals surface area contributed by atoms with E-state index in [-0.39, 0.29) is 5.03 Å². The Hall–Kier alpha value is -0.920. The number of aromatic amines is 1. The van der Waals surface area contributed by atoms with Gasteiger partial charge < -0.3 is 4.90 Å². The van der Waals surface area contributed by atoms with Crippen molar-refractivity contribution in [2.45, 2.75) is 17.9 Å². The fraction of sp³-hybridized carbons (Fsp3) is 0.667. The van der Waals surface area contributed by atoms with Crippen LogP contribution in [0.1, 0.15) is 12.8 Å². The zero-order valence-electron chi connectivity index (χ0n) is 9.60. The maximum Gasteiger partial charge on any atom is 0.257 e. The number of nitrogens with zero attached hydrogens (tertiary/aromatic N) is 2. The molecule has 1 rings (SSSR count). The normalized spacial score (nSPS) is 12.2. The molecular formula is C9H18N4O2S. The lowest BCUT2D eigenvalue weighted by Crippen LogP contribution is -2.25. The van der Waals surface area contributed by atoms with Gasteiger partial charge in [0.15, 0.2) is 5.03 Å². The molecule has 0 unspecified atom stereocenters. The van der Waals surface area contributed by atoms with E-state index in [1.165, 1.54) is 12.3 Å². The first kappa shape index (κ1) is 13.1. The summed E-state index contributed by atoms with van der Waals surface area (Å²) in [6.07, 6.45) is 3.21. The second-order valence-corrected chi connectivity index (χ2v) is 5.56. The van der Waals surface area contributed by atoms with Gasteiger partial charge in [0.2, 0.25) is 0 Å². The van der Waals surface area contributed by atoms with Crippen molar-refractivity contribution in [2.24, 2.45) is 0 Å². The first-order chi connectivity index (χ1) is 7.52. The third-order valence-corrected chi connectivity index (χ3v) is 3.48. The third kappa shape index (κ3) is 4.30. The Labute approximate surface area is 96.1 Å². The summed E-state index contributed by atoms with van der Waals surface area (Å²) in [6.45, 7) is 1.42. The number of hydrogen-bond acceptors (Lipinski definition) is 4. The zero-order valence-corrected chi connectivity index (χ0v) is 10.4. The van der Waals surface area contributed by atoms with E-state index in [2.05, 4.69) is 19.8 Å². The lowest BCUT2D eigenvalue weighted by atomic mass is 10.3. The summed E-state index contributed by atoms with van der Waals surface area (Å²) in [5.41, 5.74) is 0. The van der Waals surface area contributed by atoms with Gasteiger partial charge in [0.05, 0.1) is 6.20 Å². The van der Waals surface area contributed by atoms with Gasteiger partial charge in [-0.2, -0.15) is 5.10 Å². The summed E-state index contributed by atoms with van der Waals surface area (Å²) in [4.78, 5) is 2.07. The van der Waals surface area contributed by atoms with Gasteiger partial charge in [0.25, 0.3) is 10.0 Å². The van der Waals surface area contributed by atoms with Crippen molar-refractivity contribution in [2.75, 3.05) is 27.2 Å². The minimum Gasteiger partial charge on any atom is -0.309 e. The van der Waals surface area contributed by atoms with Crippen LogP contribution < -0.4 is 4.72 Å². The molecule has 0 fully saturated rings. The highest BCUT2D eigenvalue weighted by Crippen LogP contribution is 2.02. The zero-order chi connectivity index (χ0) is 12.0. The van der Waals surface area contributed by atoms with Crippen molar-refractivity contribution < 1.29 is 8.42 Å². The van der Waals surface area contributed by atoms with Gasteiger partial charge in [-0.3, -0.25) is 5.10 Å². The fourth-order valence-electron chi connectivity index (χ4n) is 1.23. The van der Waals surface area contributed by atoms with Crippen LogP contribution in [0.5, 0.6) is 0 Å². The van der Waals surface area contributed by atoms with Crippen LogP contribution in [0.4, 0.5) is 0 Å². The summed E-state index contributed by atoms with van der Waals surface area (Å²) >= 11 is 0. The van der Waals surface area contributed by atoms with Gasteiger partial charge in [-0.15, -0.1) is 0 Å². The highest BCUT2D eigenvalue weighted by molar-refractivity contribution is 7.89. The molecule has 1 heterocycles. The molecule has 0 amide bonds. The summed E-state index contributed by atoms with van der Waals surface area (Å²) < 4.78 is 25.7. The molecule has 0 aliphatic heterocycles. The molecule has 16 heavy (non-hydrogen) atoms. The van der Waals surface area contributed by atoms with Crippen molar-refractivity contribution >= 4 is 10.0 Å². The highest BCUT2D eigenvalue weighted by atomic mass is 32.2. The van der Waals surface area contributed by atoms with E-state index in [1.807, 2.05) is 14.1 Å². The lowest BCUT2D eigenvalue weighted by molar-refractivity contribution is 0.394. The number of H-pyrrole nitrogens is 1. The smallest absolute Gasteiger partial charge is 0.257 e. The van der Waals surface area contributed by atoms with E-state index >= 15 is 0 Å². The second-order valence-electron chi connectivity index (χ2n) is 3.83. The van der Waals surface area contributed by atoms with Crippen molar-refractivity contribution in [1.29, 1.82) is 0 Å². The molecule has 7 heteroatoms. The SMILES string of the molecule is CN(C)CCCCNS(=O)(=O)c1ccn[nH]1. The molecule has 2 N–H and O–H groups in total. The quantitative estimate of drug-likeness (QED) is 0.665. The lowest BCUT2D eigenvalue weighted by Gasteiger charge is -2.09. The standard InChI is InChI=1S/C9H18N4O2S/c1-13(2)8-4-3-6-11-16(14,15)9-5-7-10-12-9/h5,7,11H,3-4,6,8H2,1-2H3,(H,10,12). The number of nitrogens with one attached hydrogen (secondary N) is 2. The maximum absolute atomic E-state index is 11.6. The topological polar surface area (TPSA) is 78.1 Å². The second kappa shape index (κ2) is 5.97. The molecule has 0 atom stereocenters. The number of unbranched alkanes of at least 4 members (excludes halogenated alkanes) is 1. The van der Waals surface area contributed by atoms with Crippen molar-refractivity contribution in [1.82, 2.24) is 19.8 Å². The van der Waals surface area contributed by atoms with Crippen LogP contribution >= 0.6 is 0 Å². The summed E-state index contributed by atoms with van der Waals surface area (Å²) in [5.74, 6) is 0. The fourth-order valence-corrected chi connectivity index (χ4v) is 2.21. The molecule has 92 valence electrons. The molecule has 0 aliphatic carbocycles. The van der Waals surface area contributed by atoms with E-state index in [4.69, 9.17) is 0 Å². The molecule has 0 aliphatic rings. The van der Waals surface area contributed by atoms with Crippen LogP contribution in [0, 0.1) is 0 Å². The Morgan fingerprint density at radius 2 is 2.19 bits per heavy atom. The van der Waals surface area contributed by atoms with E-state index in [0.29, 0.717) is 6.54 Å². The molecule has 0 saturated heterocycles. The Balaban J connectivity index is 2.28. The largest absolute Gasteiger partial charge is 0.309 e. The molecule has 0 bridgehead atoms. The van der Waals surface area contributed by atoms with Crippen LogP contribution in [0.15, 0.2) is 17.3 Å².